The van der Waals surface area contributed by atoms with Gasteiger partial charge in [-0.3, -0.25) is 4.79 Å². The molecular formula is C11H12BrN5O. The molecule has 3 rings (SSSR count). The molecule has 6 nitrogen and oxygen atoms in total. The van der Waals surface area contributed by atoms with Gasteiger partial charge in [-0.2, -0.15) is 0 Å². The maximum atomic E-state index is 12.4. The number of carbonyl (C=O) groups is 1. The molecule has 0 fully saturated rings. The Morgan fingerprint density at radius 3 is 3.17 bits per heavy atom. The number of aromatic amines is 1. The molecule has 2 aliphatic heterocycles. The predicted octanol–water partition coefficient (Wildman–Crippen LogP) is 0.402. The highest BCUT2D eigenvalue weighted by molar-refractivity contribution is 9.10. The van der Waals surface area contributed by atoms with E-state index in [2.05, 4.69) is 31.2 Å². The van der Waals surface area contributed by atoms with E-state index in [4.69, 9.17) is 5.73 Å². The zero-order chi connectivity index (χ0) is 12.7. The quantitative estimate of drug-likeness (QED) is 0.656. The fourth-order valence-electron chi connectivity index (χ4n) is 2.19. The molecule has 7 heteroatoms. The fraction of sp³-hybridized carbons (Fsp3) is 0.273. The molecule has 94 valence electrons. The number of hydrogen-bond donors (Lipinski definition) is 3. The minimum absolute atomic E-state index is 0.0268. The average molecular weight is 310 g/mol. The fourth-order valence-corrected chi connectivity index (χ4v) is 2.54. The number of hydrogen-bond acceptors (Lipinski definition) is 4. The molecule has 2 atom stereocenters. The van der Waals surface area contributed by atoms with Gasteiger partial charge in [0.15, 0.2) is 12.1 Å². The number of aliphatic imine (C=N–C) groups is 1. The summed E-state index contributed by atoms with van der Waals surface area (Å²) in [6.07, 6.45) is 5.40. The topological polar surface area (TPSA) is 86.5 Å². The molecule has 0 aromatic carbocycles. The zero-order valence-electron chi connectivity index (χ0n) is 9.43. The van der Waals surface area contributed by atoms with Crippen LogP contribution < -0.4 is 11.1 Å². The van der Waals surface area contributed by atoms with Crippen LogP contribution >= 0.6 is 15.9 Å². The van der Waals surface area contributed by atoms with E-state index < -0.39 is 0 Å². The lowest BCUT2D eigenvalue weighted by atomic mass is 10.1. The van der Waals surface area contributed by atoms with Gasteiger partial charge in [0.25, 0.3) is 5.91 Å². The number of fused-ring (bicyclic) bond motifs is 1. The van der Waals surface area contributed by atoms with Crippen molar-refractivity contribution in [3.05, 3.63) is 34.6 Å². The van der Waals surface area contributed by atoms with Crippen molar-refractivity contribution in [3.63, 3.8) is 0 Å². The molecule has 0 spiro atoms. The van der Waals surface area contributed by atoms with Crippen LogP contribution in [0.4, 0.5) is 0 Å². The smallest absolute Gasteiger partial charge is 0.272 e. The Labute approximate surface area is 112 Å². The molecule has 0 saturated heterocycles. The number of rotatable bonds is 1. The number of halogens is 1. The standard InChI is InChI=1S/C11H12BrN5O/c12-6-4-8(14-5-6)10(18)17-3-1-2-7-9(17)16-11(13)15-7/h1-2,4-5,7,9,14H,3H2,(H3,13,15,16)/t7-,9+/m0/s1. The highest BCUT2D eigenvalue weighted by Crippen LogP contribution is 2.20. The van der Waals surface area contributed by atoms with Crippen LogP contribution in [0.3, 0.4) is 0 Å². The van der Waals surface area contributed by atoms with Crippen molar-refractivity contribution in [1.82, 2.24) is 15.2 Å². The van der Waals surface area contributed by atoms with Crippen LogP contribution in [0, 0.1) is 0 Å². The Bertz CT molecular complexity index is 549. The van der Waals surface area contributed by atoms with Gasteiger partial charge >= 0.3 is 0 Å². The Kier molecular flexibility index (Phi) is 2.62. The first-order valence-corrected chi connectivity index (χ1v) is 6.36. The predicted molar refractivity (Wildman–Crippen MR) is 71.0 cm³/mol. The molecular weight excluding hydrogens is 298 g/mol. The van der Waals surface area contributed by atoms with E-state index in [-0.39, 0.29) is 18.1 Å². The van der Waals surface area contributed by atoms with Gasteiger partial charge in [0.1, 0.15) is 5.69 Å². The number of aromatic nitrogens is 1. The van der Waals surface area contributed by atoms with E-state index in [0.29, 0.717) is 18.2 Å². The van der Waals surface area contributed by atoms with Gasteiger partial charge in [-0.25, -0.2) is 4.99 Å². The SMILES string of the molecule is NC1=N[C@H]2[C@H](C=CCN2C(=O)c2cc(Br)c[nH]2)N1. The largest absolute Gasteiger partial charge is 0.370 e. The molecule has 1 aromatic rings. The average Bonchev–Trinajstić information content (AvgIpc) is 2.92. The Balaban J connectivity index is 1.88. The van der Waals surface area contributed by atoms with Crippen molar-refractivity contribution >= 4 is 27.8 Å². The van der Waals surface area contributed by atoms with Gasteiger partial charge in [-0.05, 0) is 22.0 Å². The second kappa shape index (κ2) is 4.16. The van der Waals surface area contributed by atoms with E-state index in [1.807, 2.05) is 12.2 Å². The third kappa shape index (κ3) is 1.80. The highest BCUT2D eigenvalue weighted by Gasteiger charge is 2.36. The van der Waals surface area contributed by atoms with Crippen molar-refractivity contribution in [3.8, 4) is 0 Å². The van der Waals surface area contributed by atoms with Crippen molar-refractivity contribution in [1.29, 1.82) is 0 Å². The number of H-pyrrole nitrogens is 1. The Morgan fingerprint density at radius 2 is 2.44 bits per heavy atom. The highest BCUT2D eigenvalue weighted by atomic mass is 79.9. The van der Waals surface area contributed by atoms with Crippen molar-refractivity contribution in [2.24, 2.45) is 10.7 Å². The van der Waals surface area contributed by atoms with E-state index in [0.717, 1.165) is 4.47 Å². The summed E-state index contributed by atoms with van der Waals surface area (Å²) in [4.78, 5) is 21.2. The van der Waals surface area contributed by atoms with Gasteiger partial charge < -0.3 is 20.9 Å². The minimum Gasteiger partial charge on any atom is -0.370 e. The summed E-state index contributed by atoms with van der Waals surface area (Å²) in [6, 6.07) is 1.73. The summed E-state index contributed by atoms with van der Waals surface area (Å²) in [5.74, 6) is 0.294. The lowest BCUT2D eigenvalue weighted by Crippen LogP contribution is -2.49. The summed E-state index contributed by atoms with van der Waals surface area (Å²) in [7, 11) is 0. The van der Waals surface area contributed by atoms with E-state index in [9.17, 15) is 4.79 Å². The lowest BCUT2D eigenvalue weighted by molar-refractivity contribution is 0.0685. The molecule has 0 unspecified atom stereocenters. The molecule has 0 bridgehead atoms. The summed E-state index contributed by atoms with van der Waals surface area (Å²) in [5, 5.41) is 3.02. The Hall–Kier alpha value is -1.76. The van der Waals surface area contributed by atoms with Gasteiger partial charge in [0.2, 0.25) is 0 Å². The molecule has 4 N–H and O–H groups in total. The van der Waals surface area contributed by atoms with Crippen LogP contribution in [0.5, 0.6) is 0 Å². The van der Waals surface area contributed by atoms with E-state index >= 15 is 0 Å². The maximum absolute atomic E-state index is 12.4. The third-order valence-corrected chi connectivity index (χ3v) is 3.47. The molecule has 0 radical (unpaired) electrons. The number of nitrogens with one attached hydrogen (secondary N) is 2. The summed E-state index contributed by atoms with van der Waals surface area (Å²) in [6.45, 7) is 0.537. The summed E-state index contributed by atoms with van der Waals surface area (Å²) in [5.41, 5.74) is 6.19. The second-order valence-corrected chi connectivity index (χ2v) is 5.13. The third-order valence-electron chi connectivity index (χ3n) is 3.01. The molecule has 0 aliphatic carbocycles. The van der Waals surface area contributed by atoms with Crippen molar-refractivity contribution < 1.29 is 4.79 Å². The molecule has 2 aliphatic rings. The summed E-state index contributed by atoms with van der Waals surface area (Å²) < 4.78 is 0.850. The summed E-state index contributed by atoms with van der Waals surface area (Å²) >= 11 is 3.31. The first-order valence-electron chi connectivity index (χ1n) is 5.56. The lowest BCUT2D eigenvalue weighted by Gasteiger charge is -2.31. The zero-order valence-corrected chi connectivity index (χ0v) is 11.0. The van der Waals surface area contributed by atoms with Crippen LogP contribution in [-0.2, 0) is 0 Å². The second-order valence-electron chi connectivity index (χ2n) is 4.22. The van der Waals surface area contributed by atoms with E-state index in [1.54, 1.807) is 17.2 Å². The van der Waals surface area contributed by atoms with Crippen LogP contribution in [0.15, 0.2) is 33.9 Å². The number of guanidine groups is 1. The Morgan fingerprint density at radius 1 is 1.61 bits per heavy atom. The maximum Gasteiger partial charge on any atom is 0.272 e. The molecule has 1 amide bonds. The normalized spacial score (nSPS) is 25.6. The van der Waals surface area contributed by atoms with Gasteiger partial charge in [-0.1, -0.05) is 12.2 Å². The monoisotopic (exact) mass is 309 g/mol. The number of amides is 1. The number of nitrogens with two attached hydrogens (primary N) is 1. The van der Waals surface area contributed by atoms with E-state index in [1.165, 1.54) is 0 Å². The van der Waals surface area contributed by atoms with Gasteiger partial charge in [-0.15, -0.1) is 0 Å². The van der Waals surface area contributed by atoms with Crippen molar-refractivity contribution in [2.75, 3.05) is 6.54 Å². The first kappa shape index (κ1) is 11.3. The van der Waals surface area contributed by atoms with Crippen LogP contribution in [0.25, 0.3) is 0 Å². The van der Waals surface area contributed by atoms with Crippen LogP contribution in [0.2, 0.25) is 0 Å². The van der Waals surface area contributed by atoms with Crippen LogP contribution in [0.1, 0.15) is 10.5 Å². The van der Waals surface area contributed by atoms with Crippen LogP contribution in [-0.4, -0.2) is 40.5 Å². The van der Waals surface area contributed by atoms with Gasteiger partial charge in [0, 0.05) is 17.2 Å². The number of carbonyl (C=O) groups excluding carboxylic acids is 1. The molecule has 0 saturated carbocycles. The molecule has 3 heterocycles. The first-order chi connectivity index (χ1) is 8.65. The molecule has 1 aromatic heterocycles. The number of nitrogens with zero attached hydrogens (tertiary/aromatic N) is 2. The van der Waals surface area contributed by atoms with Crippen molar-refractivity contribution in [2.45, 2.75) is 12.2 Å². The minimum atomic E-state index is -0.260. The molecule has 18 heavy (non-hydrogen) atoms. The van der Waals surface area contributed by atoms with Gasteiger partial charge in [0.05, 0.1) is 6.04 Å².